The van der Waals surface area contributed by atoms with E-state index in [0.717, 1.165) is 6.42 Å². The number of hydrogen-bond acceptors (Lipinski definition) is 2. The number of aryl methyl sites for hydroxylation is 1. The second kappa shape index (κ2) is 9.54. The van der Waals surface area contributed by atoms with E-state index in [4.69, 9.17) is 0 Å². The van der Waals surface area contributed by atoms with E-state index in [-0.39, 0.29) is 0 Å². The van der Waals surface area contributed by atoms with Crippen molar-refractivity contribution >= 4 is 22.7 Å². The first-order valence-corrected chi connectivity index (χ1v) is 13.4. The molecule has 0 saturated carbocycles. The molecule has 0 nitrogen and oxygen atoms in total. The van der Waals surface area contributed by atoms with Gasteiger partial charge in [-0.15, -0.1) is 22.7 Å². The van der Waals surface area contributed by atoms with Crippen molar-refractivity contribution in [3.05, 3.63) is 82.7 Å². The Morgan fingerprint density at radius 1 is 0.710 bits per heavy atom. The number of thiophene rings is 2. The average molecular weight is 443 g/mol. The molecule has 0 saturated heterocycles. The van der Waals surface area contributed by atoms with Crippen LogP contribution in [-0.4, -0.2) is 0 Å². The van der Waals surface area contributed by atoms with Crippen LogP contribution in [0.25, 0.3) is 31.3 Å². The van der Waals surface area contributed by atoms with Gasteiger partial charge in [-0.3, -0.25) is 0 Å². The second-order valence-corrected chi connectivity index (χ2v) is 10.7. The Kier molecular flexibility index (Phi) is 6.38. The number of fused-ring (bicyclic) bond motifs is 3. The van der Waals surface area contributed by atoms with Crippen LogP contribution in [0.3, 0.4) is 0 Å². The van der Waals surface area contributed by atoms with Gasteiger partial charge < -0.3 is 0 Å². The lowest BCUT2D eigenvalue weighted by molar-refractivity contribution is 0.607. The maximum atomic E-state index is 2.47. The van der Waals surface area contributed by atoms with Gasteiger partial charge in [-0.05, 0) is 82.3 Å². The fourth-order valence-electron chi connectivity index (χ4n) is 4.73. The summed E-state index contributed by atoms with van der Waals surface area (Å²) in [6, 6.07) is 23.2. The number of hydrogen-bond donors (Lipinski definition) is 0. The molecule has 5 rings (SSSR count). The summed E-state index contributed by atoms with van der Waals surface area (Å²) in [6.45, 7) is 2.29. The molecule has 2 heteroatoms. The molecule has 1 aliphatic carbocycles. The van der Waals surface area contributed by atoms with Crippen molar-refractivity contribution in [1.29, 1.82) is 0 Å². The molecule has 2 heterocycles. The summed E-state index contributed by atoms with van der Waals surface area (Å²) in [5.41, 5.74) is 8.74. The van der Waals surface area contributed by atoms with Gasteiger partial charge in [0.05, 0.1) is 0 Å². The fraction of sp³-hybridized carbons (Fsp3) is 0.310. The van der Waals surface area contributed by atoms with E-state index in [1.165, 1.54) is 93.0 Å². The molecule has 4 aromatic rings. The molecule has 0 atom stereocenters. The van der Waals surface area contributed by atoms with Crippen molar-refractivity contribution in [3.63, 3.8) is 0 Å². The lowest BCUT2D eigenvalue weighted by Crippen LogP contribution is -1.89. The van der Waals surface area contributed by atoms with Crippen LogP contribution in [0.1, 0.15) is 62.1 Å². The van der Waals surface area contributed by atoms with E-state index in [0.29, 0.717) is 0 Å². The van der Waals surface area contributed by atoms with Crippen molar-refractivity contribution in [2.75, 3.05) is 0 Å². The topological polar surface area (TPSA) is 0 Å². The van der Waals surface area contributed by atoms with Gasteiger partial charge in [0, 0.05) is 14.6 Å². The molecule has 0 aliphatic heterocycles. The fourth-order valence-corrected chi connectivity index (χ4v) is 6.56. The van der Waals surface area contributed by atoms with E-state index >= 15 is 0 Å². The van der Waals surface area contributed by atoms with Gasteiger partial charge in [0.2, 0.25) is 0 Å². The Hall–Kier alpha value is -2.16. The van der Waals surface area contributed by atoms with Gasteiger partial charge >= 0.3 is 0 Å². The van der Waals surface area contributed by atoms with Gasteiger partial charge in [0.1, 0.15) is 0 Å². The minimum Gasteiger partial charge on any atom is -0.143 e. The molecular formula is C29H30S2. The van der Waals surface area contributed by atoms with Gasteiger partial charge in [0.25, 0.3) is 0 Å². The maximum absolute atomic E-state index is 2.47. The van der Waals surface area contributed by atoms with Crippen molar-refractivity contribution < 1.29 is 0 Å². The Morgan fingerprint density at radius 3 is 2.32 bits per heavy atom. The first kappa shape index (κ1) is 20.7. The molecule has 0 fully saturated rings. The third-order valence-electron chi connectivity index (χ3n) is 6.42. The predicted octanol–water partition coefficient (Wildman–Crippen LogP) is 9.62. The zero-order valence-electron chi connectivity index (χ0n) is 18.3. The summed E-state index contributed by atoms with van der Waals surface area (Å²) < 4.78 is 0. The van der Waals surface area contributed by atoms with Gasteiger partial charge in [-0.2, -0.15) is 0 Å². The predicted molar refractivity (Wildman–Crippen MR) is 138 cm³/mol. The summed E-state index contributed by atoms with van der Waals surface area (Å²) in [5.74, 6) is 0. The van der Waals surface area contributed by atoms with E-state index in [9.17, 15) is 0 Å². The first-order chi connectivity index (χ1) is 15.3. The molecule has 31 heavy (non-hydrogen) atoms. The van der Waals surface area contributed by atoms with Crippen LogP contribution >= 0.6 is 22.7 Å². The highest BCUT2D eigenvalue weighted by Gasteiger charge is 2.19. The Bertz CT molecular complexity index is 1150. The minimum absolute atomic E-state index is 1.08. The lowest BCUT2D eigenvalue weighted by Gasteiger charge is -2.06. The molecule has 158 valence electrons. The molecule has 1 aliphatic rings. The Balaban J connectivity index is 1.28. The zero-order chi connectivity index (χ0) is 21.0. The van der Waals surface area contributed by atoms with Crippen molar-refractivity contribution in [1.82, 2.24) is 0 Å². The minimum atomic E-state index is 1.08. The molecule has 0 unspecified atom stereocenters. The highest BCUT2D eigenvalue weighted by molar-refractivity contribution is 7.23. The van der Waals surface area contributed by atoms with Crippen LogP contribution in [-0.2, 0) is 12.8 Å². The standard InChI is InChI=1S/C29H30S2/c1-2-3-4-5-6-7-9-21-11-13-25-23(18-21)20-24-19-22(12-14-26(24)25)27-15-16-29(31-27)28-10-8-17-30-28/h8,10-19H,2-7,9,20H2,1H3. The van der Waals surface area contributed by atoms with Gasteiger partial charge in [-0.25, -0.2) is 0 Å². The third kappa shape index (κ3) is 4.56. The van der Waals surface area contributed by atoms with Crippen LogP contribution in [0, 0.1) is 0 Å². The van der Waals surface area contributed by atoms with Gasteiger partial charge in [-0.1, -0.05) is 75.4 Å². The lowest BCUT2D eigenvalue weighted by atomic mass is 9.99. The highest BCUT2D eigenvalue weighted by Crippen LogP contribution is 2.41. The molecule has 0 N–H and O–H groups in total. The quantitative estimate of drug-likeness (QED) is 0.199. The zero-order valence-corrected chi connectivity index (χ0v) is 20.0. The molecule has 0 bridgehead atoms. The molecular weight excluding hydrogens is 412 g/mol. The summed E-state index contributed by atoms with van der Waals surface area (Å²) in [6.07, 6.45) is 10.5. The molecule has 0 radical (unpaired) electrons. The van der Waals surface area contributed by atoms with Crippen LogP contribution in [0.4, 0.5) is 0 Å². The Labute approximate surface area is 194 Å². The van der Waals surface area contributed by atoms with E-state index in [1.807, 2.05) is 22.7 Å². The van der Waals surface area contributed by atoms with Gasteiger partial charge in [0.15, 0.2) is 0 Å². The van der Waals surface area contributed by atoms with E-state index < -0.39 is 0 Å². The third-order valence-corrected chi connectivity index (χ3v) is 8.62. The van der Waals surface area contributed by atoms with Crippen molar-refractivity contribution in [2.45, 2.75) is 58.3 Å². The van der Waals surface area contributed by atoms with Crippen LogP contribution in [0.5, 0.6) is 0 Å². The van der Waals surface area contributed by atoms with E-state index in [2.05, 4.69) is 73.0 Å². The molecule has 2 aromatic heterocycles. The summed E-state index contributed by atoms with van der Waals surface area (Å²) in [5, 5.41) is 2.15. The number of unbranched alkanes of at least 4 members (excludes halogenated alkanes) is 5. The van der Waals surface area contributed by atoms with E-state index in [1.54, 1.807) is 0 Å². The largest absolute Gasteiger partial charge is 0.143 e. The van der Waals surface area contributed by atoms with Crippen LogP contribution < -0.4 is 0 Å². The number of rotatable bonds is 9. The highest BCUT2D eigenvalue weighted by atomic mass is 32.1. The average Bonchev–Trinajstić information content (AvgIpc) is 3.54. The maximum Gasteiger partial charge on any atom is 0.0449 e. The number of benzene rings is 2. The van der Waals surface area contributed by atoms with Crippen LogP contribution in [0.2, 0.25) is 0 Å². The first-order valence-electron chi connectivity index (χ1n) is 11.7. The van der Waals surface area contributed by atoms with Crippen molar-refractivity contribution in [3.8, 4) is 31.3 Å². The van der Waals surface area contributed by atoms with Crippen molar-refractivity contribution in [2.24, 2.45) is 0 Å². The summed E-state index contributed by atoms with van der Waals surface area (Å²) in [7, 11) is 0. The molecule has 0 amide bonds. The molecule has 2 aromatic carbocycles. The monoisotopic (exact) mass is 442 g/mol. The SMILES string of the molecule is CCCCCCCCc1ccc2c(c1)Cc1cc(-c3ccc(-c4cccs4)s3)ccc1-2. The second-order valence-electron chi connectivity index (χ2n) is 8.70. The normalized spacial score (nSPS) is 12.2. The smallest absolute Gasteiger partial charge is 0.0449 e. The summed E-state index contributed by atoms with van der Waals surface area (Å²) in [4.78, 5) is 4.10. The molecule has 0 spiro atoms. The van der Waals surface area contributed by atoms with Crippen LogP contribution in [0.15, 0.2) is 66.0 Å². The summed E-state index contributed by atoms with van der Waals surface area (Å²) >= 11 is 3.72. The Morgan fingerprint density at radius 2 is 1.48 bits per heavy atom.